The lowest BCUT2D eigenvalue weighted by molar-refractivity contribution is -0.117. The highest BCUT2D eigenvalue weighted by Gasteiger charge is 2.17. The minimum absolute atomic E-state index is 0.0480. The first-order valence-electron chi connectivity index (χ1n) is 6.11. The number of halogens is 2. The van der Waals surface area contributed by atoms with Crippen LogP contribution in [0.1, 0.15) is 19.3 Å². The second-order valence-corrected chi connectivity index (χ2v) is 5.42. The largest absolute Gasteiger partial charge is 0.325 e. The van der Waals surface area contributed by atoms with Gasteiger partial charge in [-0.15, -0.1) is 0 Å². The summed E-state index contributed by atoms with van der Waals surface area (Å²) < 4.78 is 13.8. The van der Waals surface area contributed by atoms with Gasteiger partial charge in [0.15, 0.2) is 0 Å². The Kier molecular flexibility index (Phi) is 4.72. The summed E-state index contributed by atoms with van der Waals surface area (Å²) in [5.41, 5.74) is 0.494. The fraction of sp³-hybridized carbons (Fsp3) is 0.462. The lowest BCUT2D eigenvalue weighted by Gasteiger charge is -2.22. The molecule has 1 saturated heterocycles. The molecule has 0 aliphatic carbocycles. The van der Waals surface area contributed by atoms with Crippen LogP contribution in [-0.4, -0.2) is 19.0 Å². The minimum Gasteiger partial charge on any atom is -0.325 e. The van der Waals surface area contributed by atoms with E-state index in [1.165, 1.54) is 12.1 Å². The van der Waals surface area contributed by atoms with Gasteiger partial charge in [-0.3, -0.25) is 4.79 Å². The molecule has 1 aromatic rings. The number of amides is 1. The first-order chi connectivity index (χ1) is 8.65. The molecule has 0 aromatic heterocycles. The number of nitrogens with one attached hydrogen (secondary N) is 2. The van der Waals surface area contributed by atoms with Crippen molar-refractivity contribution < 1.29 is 9.18 Å². The maximum Gasteiger partial charge on any atom is 0.224 e. The van der Waals surface area contributed by atoms with Gasteiger partial charge in [-0.05, 0) is 66.0 Å². The maximum absolute atomic E-state index is 13.1. The van der Waals surface area contributed by atoms with Crippen molar-refractivity contribution in [1.29, 1.82) is 0 Å². The second-order valence-electron chi connectivity index (χ2n) is 4.57. The lowest BCUT2D eigenvalue weighted by atomic mass is 9.94. The molecule has 0 spiro atoms. The van der Waals surface area contributed by atoms with Crippen molar-refractivity contribution in [3.05, 3.63) is 28.5 Å². The first kappa shape index (κ1) is 13.5. The van der Waals surface area contributed by atoms with Gasteiger partial charge in [-0.2, -0.15) is 0 Å². The van der Waals surface area contributed by atoms with Gasteiger partial charge >= 0.3 is 0 Å². The van der Waals surface area contributed by atoms with E-state index in [0.29, 0.717) is 22.5 Å². The van der Waals surface area contributed by atoms with Crippen molar-refractivity contribution in [2.24, 2.45) is 5.92 Å². The molecule has 98 valence electrons. The summed E-state index contributed by atoms with van der Waals surface area (Å²) in [6.07, 6.45) is 2.56. The van der Waals surface area contributed by atoms with Gasteiger partial charge in [0.2, 0.25) is 5.91 Å². The molecule has 5 heteroatoms. The molecule has 2 rings (SSSR count). The number of rotatable bonds is 3. The molecule has 2 N–H and O–H groups in total. The summed E-state index contributed by atoms with van der Waals surface area (Å²) in [6.45, 7) is 1.95. The van der Waals surface area contributed by atoms with Crippen LogP contribution in [0.3, 0.4) is 0 Å². The number of carbonyl (C=O) groups is 1. The number of piperidine rings is 1. The van der Waals surface area contributed by atoms with Crippen molar-refractivity contribution >= 4 is 27.5 Å². The molecule has 0 atom stereocenters. The van der Waals surface area contributed by atoms with Crippen molar-refractivity contribution in [2.45, 2.75) is 19.3 Å². The molecular weight excluding hydrogens is 299 g/mol. The molecule has 0 radical (unpaired) electrons. The zero-order valence-electron chi connectivity index (χ0n) is 10.0. The first-order valence-corrected chi connectivity index (χ1v) is 6.90. The molecule has 1 aliphatic heterocycles. The van der Waals surface area contributed by atoms with Crippen molar-refractivity contribution in [2.75, 3.05) is 18.4 Å². The molecule has 1 fully saturated rings. The molecule has 3 nitrogen and oxygen atoms in total. The Morgan fingerprint density at radius 2 is 2.17 bits per heavy atom. The second kappa shape index (κ2) is 6.29. The molecule has 1 amide bonds. The molecule has 18 heavy (non-hydrogen) atoms. The quantitative estimate of drug-likeness (QED) is 0.900. The predicted molar refractivity (Wildman–Crippen MR) is 72.9 cm³/mol. The average molecular weight is 315 g/mol. The minimum atomic E-state index is -0.352. The van der Waals surface area contributed by atoms with Crippen LogP contribution in [0.4, 0.5) is 10.1 Å². The van der Waals surface area contributed by atoms with Crippen LogP contribution in [-0.2, 0) is 4.79 Å². The van der Waals surface area contributed by atoms with Gasteiger partial charge in [0.05, 0.1) is 5.69 Å². The van der Waals surface area contributed by atoms with Gasteiger partial charge in [0.1, 0.15) is 5.82 Å². The third kappa shape index (κ3) is 3.78. The Morgan fingerprint density at radius 1 is 1.44 bits per heavy atom. The van der Waals surface area contributed by atoms with Gasteiger partial charge in [0, 0.05) is 10.9 Å². The van der Waals surface area contributed by atoms with E-state index in [0.717, 1.165) is 25.9 Å². The number of anilines is 1. The number of carbonyl (C=O) groups excluding carboxylic acids is 1. The van der Waals surface area contributed by atoms with Crippen LogP contribution in [0.2, 0.25) is 0 Å². The molecule has 0 saturated carbocycles. The van der Waals surface area contributed by atoms with E-state index in [1.807, 2.05) is 0 Å². The van der Waals surface area contributed by atoms with E-state index in [-0.39, 0.29) is 11.7 Å². The Balaban J connectivity index is 1.92. The number of benzene rings is 1. The molecule has 1 aliphatic rings. The van der Waals surface area contributed by atoms with Crippen LogP contribution in [0.5, 0.6) is 0 Å². The van der Waals surface area contributed by atoms with Gasteiger partial charge in [-0.1, -0.05) is 0 Å². The fourth-order valence-electron chi connectivity index (χ4n) is 2.14. The van der Waals surface area contributed by atoms with E-state index < -0.39 is 0 Å². The van der Waals surface area contributed by atoms with Crippen LogP contribution in [0.15, 0.2) is 22.7 Å². The van der Waals surface area contributed by atoms with E-state index in [1.54, 1.807) is 6.07 Å². The van der Waals surface area contributed by atoms with Gasteiger partial charge in [0.25, 0.3) is 0 Å². The van der Waals surface area contributed by atoms with E-state index in [4.69, 9.17) is 0 Å². The Hall–Kier alpha value is -0.940. The third-order valence-corrected chi connectivity index (χ3v) is 3.83. The van der Waals surface area contributed by atoms with E-state index >= 15 is 0 Å². The summed E-state index contributed by atoms with van der Waals surface area (Å²) in [4.78, 5) is 11.9. The van der Waals surface area contributed by atoms with E-state index in [2.05, 4.69) is 26.6 Å². The van der Waals surface area contributed by atoms with Crippen molar-refractivity contribution in [1.82, 2.24) is 5.32 Å². The monoisotopic (exact) mass is 314 g/mol. The summed E-state index contributed by atoms with van der Waals surface area (Å²) in [5.74, 6) is 0.0298. The average Bonchev–Trinajstić information content (AvgIpc) is 2.35. The van der Waals surface area contributed by atoms with E-state index in [9.17, 15) is 9.18 Å². The molecule has 0 bridgehead atoms. The summed E-state index contributed by atoms with van der Waals surface area (Å²) in [5, 5.41) is 6.02. The lowest BCUT2D eigenvalue weighted by Crippen LogP contribution is -2.30. The molecule has 0 unspecified atom stereocenters. The van der Waals surface area contributed by atoms with Crippen molar-refractivity contribution in [3.63, 3.8) is 0 Å². The smallest absolute Gasteiger partial charge is 0.224 e. The van der Waals surface area contributed by atoms with Crippen LogP contribution < -0.4 is 10.6 Å². The van der Waals surface area contributed by atoms with Crippen LogP contribution in [0.25, 0.3) is 0 Å². The highest BCUT2D eigenvalue weighted by molar-refractivity contribution is 9.10. The maximum atomic E-state index is 13.1. The van der Waals surface area contributed by atoms with Crippen molar-refractivity contribution in [3.8, 4) is 0 Å². The zero-order valence-corrected chi connectivity index (χ0v) is 11.6. The molecular formula is C13H16BrFN2O. The summed E-state index contributed by atoms with van der Waals surface area (Å²) >= 11 is 3.29. The third-order valence-electron chi connectivity index (χ3n) is 3.14. The Bertz CT molecular complexity index is 433. The summed E-state index contributed by atoms with van der Waals surface area (Å²) in [6, 6.07) is 4.27. The highest BCUT2D eigenvalue weighted by atomic mass is 79.9. The van der Waals surface area contributed by atoms with Gasteiger partial charge in [-0.25, -0.2) is 4.39 Å². The Labute approximate surface area is 114 Å². The van der Waals surface area contributed by atoms with Gasteiger partial charge < -0.3 is 10.6 Å². The summed E-state index contributed by atoms with van der Waals surface area (Å²) in [7, 11) is 0. The normalized spacial score (nSPS) is 16.6. The fourth-order valence-corrected chi connectivity index (χ4v) is 2.49. The standard InChI is InChI=1S/C13H16BrFN2O/c14-11-2-1-10(15)8-12(11)17-13(18)7-9-3-5-16-6-4-9/h1-2,8-9,16H,3-7H2,(H,17,18). The van der Waals surface area contributed by atoms with Crippen LogP contribution >= 0.6 is 15.9 Å². The zero-order chi connectivity index (χ0) is 13.0. The Morgan fingerprint density at radius 3 is 2.89 bits per heavy atom. The number of hydrogen-bond acceptors (Lipinski definition) is 2. The molecule has 1 heterocycles. The highest BCUT2D eigenvalue weighted by Crippen LogP contribution is 2.24. The SMILES string of the molecule is O=C(CC1CCNCC1)Nc1cc(F)ccc1Br. The van der Waals surface area contributed by atoms with Crippen LogP contribution in [0, 0.1) is 11.7 Å². The number of hydrogen-bond donors (Lipinski definition) is 2. The predicted octanol–water partition coefficient (Wildman–Crippen LogP) is 2.92. The topological polar surface area (TPSA) is 41.1 Å². The molecule has 1 aromatic carbocycles.